The van der Waals surface area contributed by atoms with Gasteiger partial charge in [0.1, 0.15) is 0 Å². The molecule has 0 aromatic heterocycles. The predicted molar refractivity (Wildman–Crippen MR) is 91.3 cm³/mol. The molecule has 1 aliphatic rings. The first kappa shape index (κ1) is 15.8. The molecule has 0 spiro atoms. The van der Waals surface area contributed by atoms with Crippen LogP contribution >= 0.6 is 23.2 Å². The molecule has 2 aromatic rings. The molecule has 0 saturated heterocycles. The summed E-state index contributed by atoms with van der Waals surface area (Å²) in [6, 6.07) is 14.8. The second-order valence-corrected chi connectivity index (χ2v) is 6.75. The van der Waals surface area contributed by atoms with Crippen molar-refractivity contribution in [1.82, 2.24) is 5.32 Å². The lowest BCUT2D eigenvalue weighted by molar-refractivity contribution is 0.128. The van der Waals surface area contributed by atoms with Gasteiger partial charge in [0.25, 0.3) is 0 Å². The Bertz CT molecular complexity index is 625. The largest absolute Gasteiger partial charge is 0.386 e. The maximum atomic E-state index is 10.8. The van der Waals surface area contributed by atoms with Gasteiger partial charge in [-0.15, -0.1) is 0 Å². The predicted octanol–water partition coefficient (Wildman–Crippen LogP) is 4.77. The van der Waals surface area contributed by atoms with Crippen LogP contribution in [-0.2, 0) is 0 Å². The lowest BCUT2D eigenvalue weighted by Gasteiger charge is -2.25. The maximum Gasteiger partial charge on any atom is 0.0985 e. The van der Waals surface area contributed by atoms with E-state index >= 15 is 0 Å². The van der Waals surface area contributed by atoms with E-state index in [9.17, 15) is 5.11 Å². The van der Waals surface area contributed by atoms with Gasteiger partial charge in [0, 0.05) is 10.0 Å². The van der Waals surface area contributed by atoms with E-state index in [4.69, 9.17) is 23.2 Å². The minimum Gasteiger partial charge on any atom is -0.386 e. The smallest absolute Gasteiger partial charge is 0.0985 e. The van der Waals surface area contributed by atoms with Gasteiger partial charge < -0.3 is 10.4 Å². The quantitative estimate of drug-likeness (QED) is 0.797. The average molecular weight is 336 g/mol. The molecule has 0 heterocycles. The number of hydrogen-bond acceptors (Lipinski definition) is 2. The zero-order chi connectivity index (χ0) is 15.5. The van der Waals surface area contributed by atoms with Crippen molar-refractivity contribution >= 4 is 23.2 Å². The van der Waals surface area contributed by atoms with Gasteiger partial charge in [0.2, 0.25) is 0 Å². The second kappa shape index (κ2) is 7.01. The number of rotatable bonds is 6. The fraction of sp³-hybridized carbons (Fsp3) is 0.333. The summed E-state index contributed by atoms with van der Waals surface area (Å²) in [6.07, 6.45) is 1.89. The van der Waals surface area contributed by atoms with Crippen LogP contribution in [0, 0.1) is 5.92 Å². The van der Waals surface area contributed by atoms with E-state index in [0.717, 1.165) is 23.6 Å². The third kappa shape index (κ3) is 4.02. The molecule has 2 nitrogen and oxygen atoms in total. The molecule has 1 saturated carbocycles. The first-order valence-corrected chi connectivity index (χ1v) is 8.31. The molecule has 0 amide bonds. The summed E-state index contributed by atoms with van der Waals surface area (Å²) in [5.41, 5.74) is 1.84. The fourth-order valence-corrected chi connectivity index (χ4v) is 2.91. The Hall–Kier alpha value is -1.06. The molecular weight excluding hydrogens is 317 g/mol. The first-order chi connectivity index (χ1) is 10.6. The number of aliphatic hydroxyl groups excluding tert-OH is 1. The van der Waals surface area contributed by atoms with Gasteiger partial charge in [-0.25, -0.2) is 0 Å². The third-order valence-electron chi connectivity index (χ3n) is 4.06. The van der Waals surface area contributed by atoms with E-state index in [1.54, 1.807) is 0 Å². The molecule has 0 aliphatic heterocycles. The summed E-state index contributed by atoms with van der Waals surface area (Å²) in [5, 5.41) is 15.6. The minimum absolute atomic E-state index is 0.170. The number of halogens is 2. The number of hydrogen-bond donors (Lipinski definition) is 2. The van der Waals surface area contributed by atoms with Crippen molar-refractivity contribution in [2.75, 3.05) is 6.54 Å². The Balaban J connectivity index is 1.84. The van der Waals surface area contributed by atoms with Crippen LogP contribution in [-0.4, -0.2) is 11.7 Å². The normalized spacial score (nSPS) is 17.2. The summed E-state index contributed by atoms with van der Waals surface area (Å²) in [4.78, 5) is 0. The SMILES string of the molecule is O[C@@H](c1cccc(Cl)c1)[C@@H](NCC1CC1)c1ccc(Cl)cc1. The third-order valence-corrected chi connectivity index (χ3v) is 4.55. The monoisotopic (exact) mass is 335 g/mol. The van der Waals surface area contributed by atoms with Crippen LogP contribution in [0.2, 0.25) is 10.0 Å². The highest BCUT2D eigenvalue weighted by Crippen LogP contribution is 2.33. The molecule has 2 N–H and O–H groups in total. The zero-order valence-electron chi connectivity index (χ0n) is 12.2. The van der Waals surface area contributed by atoms with Crippen molar-refractivity contribution in [1.29, 1.82) is 0 Å². The summed E-state index contributed by atoms with van der Waals surface area (Å²) in [5.74, 6) is 0.737. The van der Waals surface area contributed by atoms with Gasteiger partial charge in [-0.05, 0) is 60.7 Å². The summed E-state index contributed by atoms with van der Waals surface area (Å²) >= 11 is 12.0. The van der Waals surface area contributed by atoms with Crippen molar-refractivity contribution in [3.05, 3.63) is 69.7 Å². The Morgan fingerprint density at radius 1 is 1.00 bits per heavy atom. The van der Waals surface area contributed by atoms with Crippen molar-refractivity contribution in [2.24, 2.45) is 5.92 Å². The number of nitrogens with one attached hydrogen (secondary N) is 1. The van der Waals surface area contributed by atoms with Gasteiger partial charge in [-0.2, -0.15) is 0 Å². The van der Waals surface area contributed by atoms with Crippen LogP contribution in [0.25, 0.3) is 0 Å². The van der Waals surface area contributed by atoms with Gasteiger partial charge in [0.05, 0.1) is 12.1 Å². The standard InChI is InChI=1S/C18H19Cl2NO/c19-15-8-6-13(7-9-15)17(21-11-12-4-5-12)18(22)14-2-1-3-16(20)10-14/h1-3,6-10,12,17-18,21-22H,4-5,11H2/t17-,18-/m0/s1. The van der Waals surface area contributed by atoms with E-state index in [2.05, 4.69) is 5.32 Å². The van der Waals surface area contributed by atoms with Crippen LogP contribution in [0.4, 0.5) is 0 Å². The van der Waals surface area contributed by atoms with Gasteiger partial charge >= 0.3 is 0 Å². The molecule has 2 aromatic carbocycles. The highest BCUT2D eigenvalue weighted by atomic mass is 35.5. The lowest BCUT2D eigenvalue weighted by Crippen LogP contribution is -2.29. The molecular formula is C18H19Cl2NO. The summed E-state index contributed by atoms with van der Waals surface area (Å²) in [6.45, 7) is 0.922. The minimum atomic E-state index is -0.654. The van der Waals surface area contributed by atoms with Crippen molar-refractivity contribution in [2.45, 2.75) is 25.0 Å². The van der Waals surface area contributed by atoms with Crippen molar-refractivity contribution in [3.8, 4) is 0 Å². The maximum absolute atomic E-state index is 10.8. The van der Waals surface area contributed by atoms with Crippen LogP contribution in [0.1, 0.15) is 36.1 Å². The molecule has 116 valence electrons. The Morgan fingerprint density at radius 3 is 2.36 bits per heavy atom. The van der Waals surface area contributed by atoms with E-state index in [0.29, 0.717) is 10.0 Å². The van der Waals surface area contributed by atoms with E-state index in [1.807, 2.05) is 48.5 Å². The number of aliphatic hydroxyl groups is 1. The highest BCUT2D eigenvalue weighted by molar-refractivity contribution is 6.30. The van der Waals surface area contributed by atoms with Crippen LogP contribution < -0.4 is 5.32 Å². The Kier molecular flexibility index (Phi) is 5.04. The van der Waals surface area contributed by atoms with Gasteiger partial charge in [-0.1, -0.05) is 47.5 Å². The zero-order valence-corrected chi connectivity index (χ0v) is 13.7. The van der Waals surface area contributed by atoms with Crippen LogP contribution in [0.3, 0.4) is 0 Å². The Labute approximate surface area is 141 Å². The molecule has 0 radical (unpaired) electrons. The first-order valence-electron chi connectivity index (χ1n) is 7.56. The topological polar surface area (TPSA) is 32.3 Å². The molecule has 0 bridgehead atoms. The van der Waals surface area contributed by atoms with Crippen LogP contribution in [0.5, 0.6) is 0 Å². The molecule has 1 fully saturated rings. The molecule has 0 unspecified atom stereocenters. The Morgan fingerprint density at radius 2 is 1.73 bits per heavy atom. The molecule has 22 heavy (non-hydrogen) atoms. The number of benzene rings is 2. The molecule has 4 heteroatoms. The highest BCUT2D eigenvalue weighted by Gasteiger charge is 2.27. The van der Waals surface area contributed by atoms with E-state index in [1.165, 1.54) is 12.8 Å². The summed E-state index contributed by atoms with van der Waals surface area (Å²) < 4.78 is 0. The van der Waals surface area contributed by atoms with Gasteiger partial charge in [-0.3, -0.25) is 0 Å². The second-order valence-electron chi connectivity index (χ2n) is 5.88. The molecule has 3 rings (SSSR count). The van der Waals surface area contributed by atoms with Crippen molar-refractivity contribution < 1.29 is 5.11 Å². The fourth-order valence-electron chi connectivity index (χ4n) is 2.58. The lowest BCUT2D eigenvalue weighted by atomic mass is 9.95. The van der Waals surface area contributed by atoms with E-state index in [-0.39, 0.29) is 6.04 Å². The van der Waals surface area contributed by atoms with Gasteiger partial charge in [0.15, 0.2) is 0 Å². The summed E-state index contributed by atoms with van der Waals surface area (Å²) in [7, 11) is 0. The van der Waals surface area contributed by atoms with Crippen LogP contribution in [0.15, 0.2) is 48.5 Å². The van der Waals surface area contributed by atoms with Crippen molar-refractivity contribution in [3.63, 3.8) is 0 Å². The molecule has 2 atom stereocenters. The molecule has 1 aliphatic carbocycles. The average Bonchev–Trinajstić information content (AvgIpc) is 3.33. The van der Waals surface area contributed by atoms with E-state index < -0.39 is 6.10 Å².